The van der Waals surface area contributed by atoms with Gasteiger partial charge in [-0.05, 0) is 66.8 Å². The van der Waals surface area contributed by atoms with E-state index >= 15 is 0 Å². The number of thioether (sulfide) groups is 1. The van der Waals surface area contributed by atoms with E-state index in [4.69, 9.17) is 9.47 Å². The van der Waals surface area contributed by atoms with E-state index in [1.54, 1.807) is 30.3 Å². The fourth-order valence-corrected chi connectivity index (χ4v) is 5.63. The summed E-state index contributed by atoms with van der Waals surface area (Å²) in [6, 6.07) is 19.6. The molecule has 4 aromatic rings. The second-order valence-electron chi connectivity index (χ2n) is 10.7. The third kappa shape index (κ3) is 7.50. The standard InChI is InChI=1S/C33H33FN4O4S/c1-20(2)24-7-9-25(10-8-24)31(32(40)37-27-13-14-28-29(16-27)42-19-41-28)38(17-23-5-11-26(34)12-6-23)30(39)18-43-33-35-21(3)15-22(4)36-33/h5-16,20,31H,17-19H2,1-4H3,(H,37,40)/t31-/m1/s1. The molecule has 0 saturated heterocycles. The monoisotopic (exact) mass is 600 g/mol. The summed E-state index contributed by atoms with van der Waals surface area (Å²) in [5.41, 5.74) is 4.55. The molecule has 5 rings (SSSR count). The number of nitrogens with zero attached hydrogens (tertiary/aromatic N) is 3. The lowest BCUT2D eigenvalue weighted by atomic mass is 9.97. The summed E-state index contributed by atoms with van der Waals surface area (Å²) in [4.78, 5) is 38.5. The number of amides is 2. The zero-order valence-corrected chi connectivity index (χ0v) is 25.3. The Morgan fingerprint density at radius 1 is 0.907 bits per heavy atom. The van der Waals surface area contributed by atoms with Gasteiger partial charge in [0.05, 0.1) is 5.75 Å². The lowest BCUT2D eigenvalue weighted by Crippen LogP contribution is -2.41. The Morgan fingerprint density at radius 2 is 1.56 bits per heavy atom. The Hall–Kier alpha value is -4.44. The Morgan fingerprint density at radius 3 is 2.23 bits per heavy atom. The molecule has 0 unspecified atom stereocenters. The molecule has 1 aliphatic heterocycles. The van der Waals surface area contributed by atoms with Crippen LogP contribution in [0.4, 0.5) is 10.1 Å². The Kier molecular flexibility index (Phi) is 9.25. The molecule has 10 heteroatoms. The van der Waals surface area contributed by atoms with Crippen molar-refractivity contribution in [3.8, 4) is 11.5 Å². The molecule has 0 bridgehead atoms. The van der Waals surface area contributed by atoms with Crippen molar-refractivity contribution in [3.63, 3.8) is 0 Å². The number of rotatable bonds is 10. The number of anilines is 1. The maximum Gasteiger partial charge on any atom is 0.251 e. The van der Waals surface area contributed by atoms with Crippen molar-refractivity contribution in [1.82, 2.24) is 14.9 Å². The fraction of sp³-hybridized carbons (Fsp3) is 0.273. The summed E-state index contributed by atoms with van der Waals surface area (Å²) in [6.45, 7) is 8.13. The van der Waals surface area contributed by atoms with Gasteiger partial charge in [-0.1, -0.05) is 62.0 Å². The first-order valence-electron chi connectivity index (χ1n) is 14.0. The van der Waals surface area contributed by atoms with Crippen LogP contribution in [0.1, 0.15) is 53.9 Å². The molecule has 3 aromatic carbocycles. The van der Waals surface area contributed by atoms with Crippen molar-refractivity contribution in [2.24, 2.45) is 0 Å². The van der Waals surface area contributed by atoms with Crippen LogP contribution in [0, 0.1) is 19.7 Å². The lowest BCUT2D eigenvalue weighted by molar-refractivity contribution is -0.137. The second-order valence-corrected chi connectivity index (χ2v) is 11.6. The smallest absolute Gasteiger partial charge is 0.251 e. The van der Waals surface area contributed by atoms with Gasteiger partial charge < -0.3 is 19.7 Å². The van der Waals surface area contributed by atoms with Gasteiger partial charge in [0.2, 0.25) is 12.7 Å². The quantitative estimate of drug-likeness (QED) is 0.162. The number of carbonyl (C=O) groups is 2. The molecule has 0 saturated carbocycles. The van der Waals surface area contributed by atoms with Crippen molar-refractivity contribution < 1.29 is 23.5 Å². The first-order valence-corrected chi connectivity index (χ1v) is 14.9. The minimum atomic E-state index is -0.995. The molecule has 8 nitrogen and oxygen atoms in total. The van der Waals surface area contributed by atoms with E-state index in [2.05, 4.69) is 29.1 Å². The van der Waals surface area contributed by atoms with Gasteiger partial charge in [0.15, 0.2) is 16.7 Å². The summed E-state index contributed by atoms with van der Waals surface area (Å²) in [7, 11) is 0. The Labute approximate surface area is 254 Å². The van der Waals surface area contributed by atoms with Gasteiger partial charge in [0, 0.05) is 29.7 Å². The van der Waals surface area contributed by atoms with Gasteiger partial charge in [-0.15, -0.1) is 0 Å². The molecule has 1 aromatic heterocycles. The first kappa shape index (κ1) is 30.0. The normalized spacial score (nSPS) is 12.7. The predicted molar refractivity (Wildman–Crippen MR) is 164 cm³/mol. The largest absolute Gasteiger partial charge is 0.454 e. The summed E-state index contributed by atoms with van der Waals surface area (Å²) in [5.74, 6) is 0.334. The van der Waals surface area contributed by atoms with Crippen LogP contribution >= 0.6 is 11.8 Å². The highest BCUT2D eigenvalue weighted by Crippen LogP contribution is 2.35. The fourth-order valence-electron chi connectivity index (χ4n) is 4.80. The SMILES string of the molecule is Cc1cc(C)nc(SCC(=O)N(Cc2ccc(F)cc2)[C@@H](C(=O)Nc2ccc3c(c2)OCO3)c2ccc(C(C)C)cc2)n1. The summed E-state index contributed by atoms with van der Waals surface area (Å²) in [6.07, 6.45) is 0. The summed E-state index contributed by atoms with van der Waals surface area (Å²) >= 11 is 1.21. The van der Waals surface area contributed by atoms with Gasteiger partial charge in [0.25, 0.3) is 5.91 Å². The Balaban J connectivity index is 1.50. The molecule has 0 aliphatic carbocycles. The highest BCUT2D eigenvalue weighted by molar-refractivity contribution is 7.99. The second kappa shape index (κ2) is 13.2. The van der Waals surface area contributed by atoms with Crippen LogP contribution in [0.3, 0.4) is 0 Å². The molecule has 2 amide bonds. The molecule has 1 atom stereocenters. The third-order valence-corrected chi connectivity index (χ3v) is 7.82. The number of fused-ring (bicyclic) bond motifs is 1. The van der Waals surface area contributed by atoms with Gasteiger partial charge in [0.1, 0.15) is 11.9 Å². The van der Waals surface area contributed by atoms with Gasteiger partial charge in [-0.25, -0.2) is 14.4 Å². The average molecular weight is 601 g/mol. The molecule has 1 aliphatic rings. The summed E-state index contributed by atoms with van der Waals surface area (Å²) < 4.78 is 24.7. The van der Waals surface area contributed by atoms with Gasteiger partial charge in [-0.3, -0.25) is 9.59 Å². The number of nitrogens with one attached hydrogen (secondary N) is 1. The number of ether oxygens (including phenoxy) is 2. The maximum absolute atomic E-state index is 14.1. The number of benzene rings is 3. The molecule has 0 radical (unpaired) electrons. The highest BCUT2D eigenvalue weighted by Gasteiger charge is 2.32. The van der Waals surface area contributed by atoms with Crippen molar-refractivity contribution in [2.75, 3.05) is 17.9 Å². The lowest BCUT2D eigenvalue weighted by Gasteiger charge is -2.32. The van der Waals surface area contributed by atoms with Crippen molar-refractivity contribution >= 4 is 29.3 Å². The molecule has 0 fully saturated rings. The minimum absolute atomic E-state index is 0.00195. The zero-order chi connectivity index (χ0) is 30.5. The van der Waals surface area contributed by atoms with Crippen LogP contribution < -0.4 is 14.8 Å². The molecule has 43 heavy (non-hydrogen) atoms. The number of aryl methyl sites for hydroxylation is 2. The van der Waals surface area contributed by atoms with Crippen molar-refractivity contribution in [2.45, 2.75) is 51.4 Å². The summed E-state index contributed by atoms with van der Waals surface area (Å²) in [5, 5.41) is 3.45. The van der Waals surface area contributed by atoms with E-state index in [1.165, 1.54) is 28.8 Å². The molecule has 222 valence electrons. The van der Waals surface area contributed by atoms with Crippen molar-refractivity contribution in [1.29, 1.82) is 0 Å². The predicted octanol–water partition coefficient (Wildman–Crippen LogP) is 6.59. The number of hydrogen-bond acceptors (Lipinski definition) is 7. The third-order valence-electron chi connectivity index (χ3n) is 6.99. The zero-order valence-electron chi connectivity index (χ0n) is 24.5. The van der Waals surface area contributed by atoms with E-state index in [1.807, 2.05) is 44.2 Å². The molecule has 0 spiro atoms. The van der Waals surface area contributed by atoms with Crippen LogP contribution in [0.25, 0.3) is 0 Å². The number of halogens is 1. The van der Waals surface area contributed by atoms with E-state index in [9.17, 15) is 14.0 Å². The molecular weight excluding hydrogens is 567 g/mol. The number of aromatic nitrogens is 2. The van der Waals surface area contributed by atoms with E-state index in [0.29, 0.717) is 39.4 Å². The van der Waals surface area contributed by atoms with Crippen molar-refractivity contribution in [3.05, 3.63) is 107 Å². The number of hydrogen-bond donors (Lipinski definition) is 1. The number of carbonyl (C=O) groups excluding carboxylic acids is 2. The Bertz CT molecular complexity index is 1590. The van der Waals surface area contributed by atoms with Crippen LogP contribution in [0.15, 0.2) is 78.0 Å². The highest BCUT2D eigenvalue weighted by atomic mass is 32.2. The van der Waals surface area contributed by atoms with Crippen LogP contribution in [0.2, 0.25) is 0 Å². The van der Waals surface area contributed by atoms with Gasteiger partial charge >= 0.3 is 0 Å². The van der Waals surface area contributed by atoms with E-state index in [0.717, 1.165) is 17.0 Å². The van der Waals surface area contributed by atoms with E-state index < -0.39 is 11.9 Å². The maximum atomic E-state index is 14.1. The first-order chi connectivity index (χ1) is 20.7. The topological polar surface area (TPSA) is 93.7 Å². The van der Waals surface area contributed by atoms with E-state index in [-0.39, 0.29) is 30.8 Å². The molecule has 2 heterocycles. The van der Waals surface area contributed by atoms with Gasteiger partial charge in [-0.2, -0.15) is 0 Å². The van der Waals surface area contributed by atoms with Crippen LogP contribution in [-0.4, -0.2) is 39.2 Å². The van der Waals surface area contributed by atoms with Crippen LogP contribution in [0.5, 0.6) is 11.5 Å². The van der Waals surface area contributed by atoms with Crippen LogP contribution in [-0.2, 0) is 16.1 Å². The average Bonchev–Trinajstić information content (AvgIpc) is 3.44. The molecule has 1 N–H and O–H groups in total. The molecular formula is C33H33FN4O4S. The minimum Gasteiger partial charge on any atom is -0.454 e.